The number of hydrogen-bond acceptors (Lipinski definition) is 2. The maximum atomic E-state index is 13.9. The average molecular weight is 370 g/mol. The second-order valence-electron chi connectivity index (χ2n) is 7.64. The Labute approximate surface area is 165 Å². The van der Waals surface area contributed by atoms with Gasteiger partial charge in [0.25, 0.3) is 0 Å². The summed E-state index contributed by atoms with van der Waals surface area (Å²) in [4.78, 5) is 31.9. The molecule has 0 N–H and O–H groups in total. The number of hydrogen-bond donors (Lipinski definition) is 0. The van der Waals surface area contributed by atoms with Gasteiger partial charge in [-0.25, -0.2) is 4.85 Å². The second-order valence-corrected chi connectivity index (χ2v) is 7.64. The van der Waals surface area contributed by atoms with Crippen molar-refractivity contribution in [1.29, 1.82) is 0 Å². The lowest BCUT2D eigenvalue weighted by molar-refractivity contribution is -0.145. The van der Waals surface area contributed by atoms with Crippen LogP contribution in [-0.2, 0) is 21.5 Å². The van der Waals surface area contributed by atoms with Crippen LogP contribution in [0.2, 0.25) is 0 Å². The minimum atomic E-state index is -0.957. The Bertz CT molecular complexity index is 975. The van der Waals surface area contributed by atoms with Crippen molar-refractivity contribution in [2.45, 2.75) is 25.3 Å². The van der Waals surface area contributed by atoms with Gasteiger partial charge in [0.2, 0.25) is 11.6 Å². The molecule has 0 aromatic heterocycles. The van der Waals surface area contributed by atoms with E-state index < -0.39 is 5.41 Å². The molecule has 2 aromatic rings. The average Bonchev–Trinajstić information content (AvgIpc) is 2.74. The van der Waals surface area contributed by atoms with Crippen LogP contribution in [0.5, 0.6) is 0 Å². The number of carbonyl (C=O) groups is 2. The summed E-state index contributed by atoms with van der Waals surface area (Å²) in [6.45, 7) is 10.5. The molecule has 0 bridgehead atoms. The number of benzene rings is 2. The minimum absolute atomic E-state index is 0.0145. The predicted molar refractivity (Wildman–Crippen MR) is 107 cm³/mol. The van der Waals surface area contributed by atoms with Crippen LogP contribution in [0.15, 0.2) is 72.4 Å². The van der Waals surface area contributed by atoms with Crippen LogP contribution in [0.1, 0.15) is 24.5 Å². The second kappa shape index (κ2) is 7.09. The molecule has 1 aliphatic heterocycles. The van der Waals surface area contributed by atoms with E-state index in [0.29, 0.717) is 13.1 Å². The first-order valence-electron chi connectivity index (χ1n) is 9.61. The van der Waals surface area contributed by atoms with Gasteiger partial charge in [-0.1, -0.05) is 73.7 Å². The molecule has 0 saturated carbocycles. The number of carbonyl (C=O) groups excluding carboxylic acids is 2. The van der Waals surface area contributed by atoms with Gasteiger partial charge >= 0.3 is 0 Å². The van der Waals surface area contributed by atoms with Crippen LogP contribution in [0.4, 0.5) is 0 Å². The molecule has 1 saturated heterocycles. The highest BCUT2D eigenvalue weighted by molar-refractivity contribution is 6.04. The van der Waals surface area contributed by atoms with E-state index in [4.69, 9.17) is 6.57 Å². The predicted octanol–water partition coefficient (Wildman–Crippen LogP) is 4.00. The van der Waals surface area contributed by atoms with E-state index in [2.05, 4.69) is 4.85 Å². The standard InChI is InChI=1S/C24H22N2O2/c1-17-20-13-14-26(16-18-9-5-3-6-10-18)23(28)24(20,15-21(25-2)22(17)27)19-11-7-4-8-12-19/h3-12,15,17,20H,13-14,16H2,1H3/t17-,20-,24+/m1/s1. The number of likely N-dealkylation sites (tertiary alicyclic amines) is 1. The first-order chi connectivity index (χ1) is 13.6. The molecule has 4 nitrogen and oxygen atoms in total. The monoisotopic (exact) mass is 370 g/mol. The zero-order valence-electron chi connectivity index (χ0n) is 15.8. The van der Waals surface area contributed by atoms with Gasteiger partial charge in [0.15, 0.2) is 5.78 Å². The molecule has 1 amide bonds. The zero-order valence-corrected chi connectivity index (χ0v) is 15.8. The van der Waals surface area contributed by atoms with Gasteiger partial charge in [-0.3, -0.25) is 4.79 Å². The van der Waals surface area contributed by atoms with Crippen molar-refractivity contribution in [3.63, 3.8) is 0 Å². The Morgan fingerprint density at radius 1 is 1.07 bits per heavy atom. The Morgan fingerprint density at radius 3 is 2.36 bits per heavy atom. The molecule has 1 aliphatic carbocycles. The SMILES string of the molecule is [C-]#[N+]C1=C[C@@]2(c3ccccc3)C(=O)N(Cc3ccccc3)CC[C@@H]2[C@@H](C)C1=O. The largest absolute Gasteiger partial charge is 0.337 e. The summed E-state index contributed by atoms with van der Waals surface area (Å²) < 4.78 is 0. The molecule has 0 spiro atoms. The highest BCUT2D eigenvalue weighted by Crippen LogP contribution is 2.49. The van der Waals surface area contributed by atoms with Crippen molar-refractivity contribution in [1.82, 2.24) is 4.90 Å². The first-order valence-corrected chi connectivity index (χ1v) is 9.61. The van der Waals surface area contributed by atoms with E-state index in [1.54, 1.807) is 6.08 Å². The quantitative estimate of drug-likeness (QED) is 0.767. The van der Waals surface area contributed by atoms with Crippen LogP contribution < -0.4 is 0 Å². The van der Waals surface area contributed by atoms with Crippen LogP contribution in [-0.4, -0.2) is 23.1 Å². The molecular formula is C24H22N2O2. The molecule has 4 rings (SSSR count). The van der Waals surface area contributed by atoms with Crippen LogP contribution in [0, 0.1) is 18.4 Å². The van der Waals surface area contributed by atoms with Crippen LogP contribution in [0.3, 0.4) is 0 Å². The molecule has 0 unspecified atom stereocenters. The summed E-state index contributed by atoms with van der Waals surface area (Å²) in [6, 6.07) is 19.6. The van der Waals surface area contributed by atoms with Crippen LogP contribution >= 0.6 is 0 Å². The van der Waals surface area contributed by atoms with Gasteiger partial charge in [-0.2, -0.15) is 0 Å². The smallest absolute Gasteiger partial charge is 0.236 e. The van der Waals surface area contributed by atoms with E-state index in [1.165, 1.54) is 0 Å². The Balaban J connectivity index is 1.84. The van der Waals surface area contributed by atoms with Crippen molar-refractivity contribution in [2.75, 3.05) is 6.54 Å². The molecular weight excluding hydrogens is 348 g/mol. The van der Waals surface area contributed by atoms with Crippen LogP contribution in [0.25, 0.3) is 4.85 Å². The van der Waals surface area contributed by atoms with E-state index in [-0.39, 0.29) is 29.2 Å². The van der Waals surface area contributed by atoms with Crippen molar-refractivity contribution >= 4 is 11.7 Å². The molecule has 0 radical (unpaired) electrons. The number of Topliss-reactive ketones (excluding diaryl/α,β-unsaturated/α-hetero) is 1. The van der Waals surface area contributed by atoms with Gasteiger partial charge < -0.3 is 9.69 Å². The van der Waals surface area contributed by atoms with E-state index in [0.717, 1.165) is 17.5 Å². The van der Waals surface area contributed by atoms with Crippen molar-refractivity contribution in [3.8, 4) is 0 Å². The number of ketones is 1. The van der Waals surface area contributed by atoms with Crippen molar-refractivity contribution in [3.05, 3.63) is 95.0 Å². The first kappa shape index (κ1) is 18.2. The maximum absolute atomic E-state index is 13.9. The fraction of sp³-hybridized carbons (Fsp3) is 0.292. The Hall–Kier alpha value is -3.19. The van der Waals surface area contributed by atoms with Gasteiger partial charge in [0.1, 0.15) is 0 Å². The fourth-order valence-corrected chi connectivity index (χ4v) is 4.74. The molecule has 3 atom stereocenters. The summed E-state index contributed by atoms with van der Waals surface area (Å²) in [5.74, 6) is -0.639. The highest BCUT2D eigenvalue weighted by Gasteiger charge is 2.56. The van der Waals surface area contributed by atoms with E-state index in [1.807, 2.05) is 72.5 Å². The number of fused-ring (bicyclic) bond motifs is 1. The minimum Gasteiger partial charge on any atom is -0.337 e. The van der Waals surface area contributed by atoms with Gasteiger partial charge in [-0.05, 0) is 23.5 Å². The molecule has 2 aromatic carbocycles. The highest BCUT2D eigenvalue weighted by atomic mass is 16.2. The molecule has 140 valence electrons. The lowest BCUT2D eigenvalue weighted by Gasteiger charge is -2.50. The lowest BCUT2D eigenvalue weighted by atomic mass is 9.58. The summed E-state index contributed by atoms with van der Waals surface area (Å²) in [7, 11) is 0. The van der Waals surface area contributed by atoms with Gasteiger partial charge in [0.05, 0.1) is 12.0 Å². The molecule has 2 aliphatic rings. The third-order valence-corrected chi connectivity index (χ3v) is 6.16. The Kier molecular flexibility index (Phi) is 4.60. The van der Waals surface area contributed by atoms with E-state index in [9.17, 15) is 9.59 Å². The number of allylic oxidation sites excluding steroid dienone is 1. The number of amides is 1. The van der Waals surface area contributed by atoms with Gasteiger partial charge in [0, 0.05) is 19.0 Å². The van der Waals surface area contributed by atoms with Gasteiger partial charge in [-0.15, -0.1) is 0 Å². The maximum Gasteiger partial charge on any atom is 0.236 e. The van der Waals surface area contributed by atoms with Crippen molar-refractivity contribution < 1.29 is 9.59 Å². The third kappa shape index (κ3) is 2.75. The number of rotatable bonds is 3. The third-order valence-electron chi connectivity index (χ3n) is 6.16. The molecule has 1 heterocycles. The van der Waals surface area contributed by atoms with E-state index >= 15 is 0 Å². The summed E-state index contributed by atoms with van der Waals surface area (Å²) in [6.07, 6.45) is 2.39. The molecule has 4 heteroatoms. The number of nitrogens with zero attached hydrogens (tertiary/aromatic N) is 2. The normalized spacial score (nSPS) is 27.0. The molecule has 1 fully saturated rings. The topological polar surface area (TPSA) is 41.7 Å². The van der Waals surface area contributed by atoms with Crippen molar-refractivity contribution in [2.24, 2.45) is 11.8 Å². The lowest BCUT2D eigenvalue weighted by Crippen LogP contribution is -2.59. The number of piperidine rings is 1. The summed E-state index contributed by atoms with van der Waals surface area (Å²) >= 11 is 0. The fourth-order valence-electron chi connectivity index (χ4n) is 4.74. The zero-order chi connectivity index (χ0) is 19.7. The molecule has 28 heavy (non-hydrogen) atoms. The summed E-state index contributed by atoms with van der Waals surface area (Å²) in [5.41, 5.74) is 1.07. The Morgan fingerprint density at radius 2 is 1.71 bits per heavy atom. The summed E-state index contributed by atoms with van der Waals surface area (Å²) in [5, 5.41) is 0.